The van der Waals surface area contributed by atoms with Crippen LogP contribution in [0.4, 0.5) is 0 Å². The smallest absolute Gasteiger partial charge is 0.0843 e. The highest BCUT2D eigenvalue weighted by Gasteiger charge is 2.16. The largest absolute Gasteiger partial charge is 0.309 e. The Morgan fingerprint density at radius 3 is 2.78 bits per heavy atom. The van der Waals surface area contributed by atoms with Gasteiger partial charge in [-0.25, -0.2) is 0 Å². The molecule has 0 amide bonds. The van der Waals surface area contributed by atoms with E-state index in [1.165, 1.54) is 13.5 Å². The van der Waals surface area contributed by atoms with E-state index in [0.29, 0.717) is 6.04 Å². The molecule has 18 heavy (non-hydrogen) atoms. The number of hydrogen-bond acceptors (Lipinski definition) is 3. The van der Waals surface area contributed by atoms with Crippen molar-refractivity contribution in [2.75, 3.05) is 6.54 Å². The molecule has 1 unspecified atom stereocenters. The summed E-state index contributed by atoms with van der Waals surface area (Å²) in [4.78, 5) is 2.82. The molecule has 2 aromatic rings. The minimum absolute atomic E-state index is 0.413. The molecule has 1 nitrogen and oxygen atoms in total. The molecule has 0 aromatic carbocycles. The van der Waals surface area contributed by atoms with Crippen LogP contribution in [0.2, 0.25) is 0 Å². The summed E-state index contributed by atoms with van der Waals surface area (Å²) in [5, 5.41) is 5.79. The second-order valence-electron chi connectivity index (χ2n) is 4.06. The van der Waals surface area contributed by atoms with Crippen LogP contribution in [0.5, 0.6) is 0 Å². The lowest BCUT2D eigenvalue weighted by molar-refractivity contribution is 0.539. The topological polar surface area (TPSA) is 12.0 Å². The molecule has 0 aliphatic heterocycles. The molecule has 0 saturated heterocycles. The molecule has 0 fully saturated rings. The molecule has 0 radical (unpaired) electrons. The normalized spacial score (nSPS) is 12.8. The van der Waals surface area contributed by atoms with Crippen molar-refractivity contribution in [2.24, 2.45) is 0 Å². The Morgan fingerprint density at radius 1 is 1.39 bits per heavy atom. The van der Waals surface area contributed by atoms with Crippen LogP contribution in [0, 0.1) is 0 Å². The van der Waals surface area contributed by atoms with Crippen molar-refractivity contribution < 1.29 is 0 Å². The van der Waals surface area contributed by atoms with Crippen LogP contribution < -0.4 is 5.32 Å². The second kappa shape index (κ2) is 7.20. The zero-order valence-electron chi connectivity index (χ0n) is 10.1. The fourth-order valence-corrected chi connectivity index (χ4v) is 4.67. The lowest BCUT2D eigenvalue weighted by Crippen LogP contribution is -2.22. The fourth-order valence-electron chi connectivity index (χ4n) is 1.76. The average molecular weight is 409 g/mol. The quantitative estimate of drug-likeness (QED) is 0.654. The van der Waals surface area contributed by atoms with Gasteiger partial charge in [0.15, 0.2) is 0 Å². The van der Waals surface area contributed by atoms with E-state index >= 15 is 0 Å². The van der Waals surface area contributed by atoms with Crippen LogP contribution in [0.25, 0.3) is 0 Å². The van der Waals surface area contributed by atoms with Crippen LogP contribution >= 0.6 is 54.5 Å². The maximum atomic E-state index is 3.64. The molecule has 2 heterocycles. The fraction of sp³-hybridized carbons (Fsp3) is 0.385. The number of rotatable bonds is 6. The highest BCUT2D eigenvalue weighted by molar-refractivity contribution is 9.13. The van der Waals surface area contributed by atoms with Crippen LogP contribution in [0.1, 0.15) is 29.1 Å². The summed E-state index contributed by atoms with van der Waals surface area (Å²) in [5.41, 5.74) is 0. The first-order valence-corrected chi connectivity index (χ1v) is 9.19. The first-order chi connectivity index (χ1) is 8.70. The Labute approximate surface area is 133 Å². The van der Waals surface area contributed by atoms with Crippen LogP contribution in [0.3, 0.4) is 0 Å². The van der Waals surface area contributed by atoms with Gasteiger partial charge in [-0.05, 0) is 62.3 Å². The summed E-state index contributed by atoms with van der Waals surface area (Å²) >= 11 is 10.8. The van der Waals surface area contributed by atoms with Gasteiger partial charge < -0.3 is 5.32 Å². The maximum absolute atomic E-state index is 3.64. The maximum Gasteiger partial charge on any atom is 0.0843 e. The Balaban J connectivity index is 2.13. The van der Waals surface area contributed by atoms with Gasteiger partial charge in [0.1, 0.15) is 0 Å². The Kier molecular flexibility index (Phi) is 5.89. The van der Waals surface area contributed by atoms with Crippen LogP contribution in [0.15, 0.2) is 31.8 Å². The summed E-state index contributed by atoms with van der Waals surface area (Å²) in [5.74, 6) is 0. The van der Waals surface area contributed by atoms with Gasteiger partial charge in [-0.15, -0.1) is 22.7 Å². The van der Waals surface area contributed by atoms with Crippen molar-refractivity contribution in [3.05, 3.63) is 41.6 Å². The molecule has 0 saturated carbocycles. The van der Waals surface area contributed by atoms with E-state index in [1.807, 2.05) is 11.3 Å². The molecule has 1 N–H and O–H groups in total. The summed E-state index contributed by atoms with van der Waals surface area (Å²) in [6.07, 6.45) is 2.23. The Morgan fingerprint density at radius 2 is 2.22 bits per heavy atom. The Bertz CT molecular complexity index is 460. The van der Waals surface area contributed by atoms with Crippen molar-refractivity contribution in [3.8, 4) is 0 Å². The monoisotopic (exact) mass is 407 g/mol. The molecule has 0 spiro atoms. The molecule has 2 rings (SSSR count). The van der Waals surface area contributed by atoms with Gasteiger partial charge in [0.05, 0.1) is 3.79 Å². The third-order valence-corrected chi connectivity index (χ3v) is 6.90. The van der Waals surface area contributed by atoms with E-state index < -0.39 is 0 Å². The molecular weight excluding hydrogens is 394 g/mol. The van der Waals surface area contributed by atoms with Crippen molar-refractivity contribution in [1.82, 2.24) is 5.32 Å². The zero-order chi connectivity index (χ0) is 13.0. The minimum atomic E-state index is 0.413. The molecule has 98 valence electrons. The number of nitrogens with one attached hydrogen (secondary N) is 1. The molecular formula is C13H15Br2NS2. The van der Waals surface area contributed by atoms with Crippen LogP contribution in [-0.2, 0) is 6.42 Å². The van der Waals surface area contributed by atoms with Gasteiger partial charge >= 0.3 is 0 Å². The lowest BCUT2D eigenvalue weighted by Gasteiger charge is -2.16. The van der Waals surface area contributed by atoms with Gasteiger partial charge in [-0.3, -0.25) is 0 Å². The van der Waals surface area contributed by atoms with E-state index in [0.717, 1.165) is 23.9 Å². The first-order valence-electron chi connectivity index (χ1n) is 5.91. The summed E-state index contributed by atoms with van der Waals surface area (Å²) in [6, 6.07) is 6.96. The molecule has 1 atom stereocenters. The van der Waals surface area contributed by atoms with E-state index in [4.69, 9.17) is 0 Å². The molecule has 2 aromatic heterocycles. The van der Waals surface area contributed by atoms with Crippen molar-refractivity contribution in [1.29, 1.82) is 0 Å². The van der Waals surface area contributed by atoms with Crippen molar-refractivity contribution >= 4 is 54.5 Å². The van der Waals surface area contributed by atoms with Crippen molar-refractivity contribution in [3.63, 3.8) is 0 Å². The standard InChI is InChI=1S/C13H15Br2NS2/c1-2-5-16-11(7-9-4-3-6-17-9)12-8-10(14)13(15)18-12/h3-4,6,8,11,16H,2,5,7H2,1H3. The van der Waals surface area contributed by atoms with E-state index in [-0.39, 0.29) is 0 Å². The molecule has 0 bridgehead atoms. The van der Waals surface area contributed by atoms with Gasteiger partial charge in [-0.2, -0.15) is 0 Å². The zero-order valence-corrected chi connectivity index (χ0v) is 14.9. The van der Waals surface area contributed by atoms with Gasteiger partial charge in [0.25, 0.3) is 0 Å². The number of halogens is 2. The first kappa shape index (κ1) is 14.7. The van der Waals surface area contributed by atoms with Crippen LogP contribution in [-0.4, -0.2) is 6.54 Å². The lowest BCUT2D eigenvalue weighted by atomic mass is 10.1. The third kappa shape index (κ3) is 3.90. The van der Waals surface area contributed by atoms with Gasteiger partial charge in [-0.1, -0.05) is 13.0 Å². The summed E-state index contributed by atoms with van der Waals surface area (Å²) in [6.45, 7) is 3.26. The highest BCUT2D eigenvalue weighted by Crippen LogP contribution is 2.36. The van der Waals surface area contributed by atoms with Gasteiger partial charge in [0.2, 0.25) is 0 Å². The number of thiophene rings is 2. The highest BCUT2D eigenvalue weighted by atomic mass is 79.9. The summed E-state index contributed by atoms with van der Waals surface area (Å²) in [7, 11) is 0. The number of hydrogen-bond donors (Lipinski definition) is 1. The predicted molar refractivity (Wildman–Crippen MR) is 88.8 cm³/mol. The SMILES string of the molecule is CCCNC(Cc1cccs1)c1cc(Br)c(Br)s1. The summed E-state index contributed by atoms with van der Waals surface area (Å²) < 4.78 is 2.32. The average Bonchev–Trinajstić information content (AvgIpc) is 2.96. The van der Waals surface area contributed by atoms with Crippen molar-refractivity contribution in [2.45, 2.75) is 25.8 Å². The van der Waals surface area contributed by atoms with E-state index in [9.17, 15) is 0 Å². The second-order valence-corrected chi connectivity index (χ2v) is 8.35. The van der Waals surface area contributed by atoms with E-state index in [1.54, 1.807) is 11.3 Å². The minimum Gasteiger partial charge on any atom is -0.309 e. The third-order valence-electron chi connectivity index (χ3n) is 2.63. The predicted octanol–water partition coefficient (Wildman–Crippen LogP) is 5.62. The Hall–Kier alpha value is 0.320. The molecule has 0 aliphatic carbocycles. The molecule has 0 aliphatic rings. The van der Waals surface area contributed by atoms with Gasteiger partial charge in [0, 0.05) is 26.7 Å². The van der Waals surface area contributed by atoms with E-state index in [2.05, 4.69) is 67.7 Å². The molecule has 5 heteroatoms.